The van der Waals surface area contributed by atoms with Gasteiger partial charge >= 0.3 is 6.09 Å². The fourth-order valence-electron chi connectivity index (χ4n) is 4.14. The molecule has 0 spiro atoms. The molecule has 28 heavy (non-hydrogen) atoms. The SMILES string of the molecule is CC1(C)C=Cc2c(c(C(N)=O)cc3ccnc(N4C[C@@H]5OC(=O)N[C@@H]5C4)c23)O1. The number of aromatic nitrogens is 1. The quantitative estimate of drug-likeness (QED) is 0.823. The number of alkyl carbamates (subject to hydrolysis) is 1. The van der Waals surface area contributed by atoms with Crippen LogP contribution in [0.15, 0.2) is 24.4 Å². The van der Waals surface area contributed by atoms with Crippen LogP contribution in [-0.4, -0.2) is 47.8 Å². The largest absolute Gasteiger partial charge is 0.482 e. The topological polar surface area (TPSA) is 107 Å². The van der Waals surface area contributed by atoms with E-state index >= 15 is 0 Å². The minimum atomic E-state index is -0.546. The highest BCUT2D eigenvalue weighted by molar-refractivity contribution is 6.08. The number of primary amides is 1. The third kappa shape index (κ3) is 2.48. The molecule has 1 aromatic carbocycles. The molecular formula is C20H20N4O4. The summed E-state index contributed by atoms with van der Waals surface area (Å²) in [5, 5.41) is 4.57. The maximum atomic E-state index is 12.1. The number of carbonyl (C=O) groups is 2. The number of fused-ring (bicyclic) bond motifs is 4. The number of hydrogen-bond acceptors (Lipinski definition) is 6. The first kappa shape index (κ1) is 16.9. The Morgan fingerprint density at radius 1 is 1.39 bits per heavy atom. The number of pyridine rings is 1. The predicted molar refractivity (Wildman–Crippen MR) is 103 cm³/mol. The number of nitrogens with two attached hydrogens (primary N) is 1. The molecule has 0 unspecified atom stereocenters. The van der Waals surface area contributed by atoms with Crippen LogP contribution in [0.5, 0.6) is 5.75 Å². The molecular weight excluding hydrogens is 360 g/mol. The second kappa shape index (κ2) is 5.60. The van der Waals surface area contributed by atoms with Crippen molar-refractivity contribution in [2.45, 2.75) is 31.6 Å². The zero-order valence-electron chi connectivity index (χ0n) is 15.6. The van der Waals surface area contributed by atoms with Crippen LogP contribution in [0.4, 0.5) is 10.6 Å². The normalized spacial score (nSPS) is 24.4. The van der Waals surface area contributed by atoms with Crippen LogP contribution < -0.4 is 20.7 Å². The smallest absolute Gasteiger partial charge is 0.407 e. The lowest BCUT2D eigenvalue weighted by Gasteiger charge is -2.30. The number of nitrogens with one attached hydrogen (secondary N) is 1. The van der Waals surface area contributed by atoms with Crippen molar-refractivity contribution >= 4 is 34.7 Å². The Labute approximate surface area is 161 Å². The third-order valence-electron chi connectivity index (χ3n) is 5.43. The van der Waals surface area contributed by atoms with E-state index in [9.17, 15) is 9.59 Å². The molecule has 2 fully saturated rings. The second-order valence-corrected chi connectivity index (χ2v) is 7.90. The van der Waals surface area contributed by atoms with Crippen molar-refractivity contribution in [3.63, 3.8) is 0 Å². The molecule has 0 bridgehead atoms. The Morgan fingerprint density at radius 2 is 2.21 bits per heavy atom. The Balaban J connectivity index is 1.68. The van der Waals surface area contributed by atoms with Crippen LogP contribution in [-0.2, 0) is 4.74 Å². The summed E-state index contributed by atoms with van der Waals surface area (Å²) in [6.07, 6.45) is 5.06. The van der Waals surface area contributed by atoms with E-state index in [2.05, 4.69) is 15.2 Å². The molecule has 8 heteroatoms. The van der Waals surface area contributed by atoms with Gasteiger partial charge in [-0.25, -0.2) is 9.78 Å². The molecule has 2 saturated heterocycles. The van der Waals surface area contributed by atoms with Gasteiger partial charge in [-0.3, -0.25) is 4.79 Å². The molecule has 0 radical (unpaired) electrons. The van der Waals surface area contributed by atoms with Crippen molar-refractivity contribution in [1.82, 2.24) is 10.3 Å². The minimum absolute atomic E-state index is 0.0593. The molecule has 0 aliphatic carbocycles. The number of amides is 2. The lowest BCUT2D eigenvalue weighted by atomic mass is 9.94. The average molecular weight is 380 g/mol. The molecule has 3 aliphatic rings. The standard InChI is InChI=1S/C20H20N4O4/c1-20(2)5-3-11-15-10(7-12(17(21)25)16(11)28-20)4-6-22-18(15)24-8-13-14(9-24)27-19(26)23-13/h3-7,13-14H,8-9H2,1-2H3,(H2,21,25)(H,23,26)/t13-,14+/m1/s1. The molecule has 2 aromatic rings. The number of ether oxygens (including phenoxy) is 2. The van der Waals surface area contributed by atoms with Crippen LogP contribution in [0.25, 0.3) is 16.8 Å². The molecule has 5 rings (SSSR count). The number of anilines is 1. The fourth-order valence-corrected chi connectivity index (χ4v) is 4.14. The summed E-state index contributed by atoms with van der Waals surface area (Å²) >= 11 is 0. The van der Waals surface area contributed by atoms with E-state index in [1.807, 2.05) is 32.1 Å². The van der Waals surface area contributed by atoms with Gasteiger partial charge in [-0.15, -0.1) is 0 Å². The lowest BCUT2D eigenvalue weighted by molar-refractivity contribution is 0.0987. The van der Waals surface area contributed by atoms with Crippen molar-refractivity contribution in [3.05, 3.63) is 35.5 Å². The molecule has 8 nitrogen and oxygen atoms in total. The Morgan fingerprint density at radius 3 is 2.96 bits per heavy atom. The summed E-state index contributed by atoms with van der Waals surface area (Å²) < 4.78 is 11.4. The molecule has 4 heterocycles. The maximum absolute atomic E-state index is 12.1. The van der Waals surface area contributed by atoms with Crippen molar-refractivity contribution in [1.29, 1.82) is 0 Å². The van der Waals surface area contributed by atoms with E-state index in [1.165, 1.54) is 0 Å². The summed E-state index contributed by atoms with van der Waals surface area (Å²) in [6, 6.07) is 3.55. The highest BCUT2D eigenvalue weighted by Crippen LogP contribution is 2.42. The summed E-state index contributed by atoms with van der Waals surface area (Å²) in [5.41, 5.74) is 6.22. The second-order valence-electron chi connectivity index (χ2n) is 7.90. The Kier molecular flexibility index (Phi) is 3.37. The summed E-state index contributed by atoms with van der Waals surface area (Å²) in [6.45, 7) is 5.00. The van der Waals surface area contributed by atoms with Crippen molar-refractivity contribution in [2.24, 2.45) is 5.73 Å². The molecule has 1 aromatic heterocycles. The van der Waals surface area contributed by atoms with Gasteiger partial charge in [0.2, 0.25) is 0 Å². The number of benzene rings is 1. The van der Waals surface area contributed by atoms with Gasteiger partial charge in [-0.2, -0.15) is 0 Å². The van der Waals surface area contributed by atoms with Gasteiger partial charge in [0.1, 0.15) is 23.3 Å². The van der Waals surface area contributed by atoms with Crippen molar-refractivity contribution in [2.75, 3.05) is 18.0 Å². The van der Waals surface area contributed by atoms with Gasteiger partial charge in [-0.1, -0.05) is 6.08 Å². The summed E-state index contributed by atoms with van der Waals surface area (Å²) in [7, 11) is 0. The first-order valence-corrected chi connectivity index (χ1v) is 9.18. The Hall–Kier alpha value is -3.29. The molecule has 144 valence electrons. The Bertz CT molecular complexity index is 1050. The average Bonchev–Trinajstić information content (AvgIpc) is 3.16. The summed E-state index contributed by atoms with van der Waals surface area (Å²) in [5.74, 6) is 0.713. The molecule has 3 N–H and O–H groups in total. The number of rotatable bonds is 2. The van der Waals surface area contributed by atoms with Crippen molar-refractivity contribution in [3.8, 4) is 5.75 Å². The molecule has 2 atom stereocenters. The van der Waals surface area contributed by atoms with Crippen LogP contribution in [0.3, 0.4) is 0 Å². The predicted octanol–water partition coefficient (Wildman–Crippen LogP) is 1.81. The number of hydrogen-bond donors (Lipinski definition) is 2. The zero-order valence-corrected chi connectivity index (χ0v) is 15.6. The van der Waals surface area contributed by atoms with Crippen LogP contribution in [0.2, 0.25) is 0 Å². The van der Waals surface area contributed by atoms with E-state index in [0.29, 0.717) is 24.4 Å². The van der Waals surface area contributed by atoms with E-state index < -0.39 is 11.5 Å². The van der Waals surface area contributed by atoms with E-state index in [-0.39, 0.29) is 18.2 Å². The van der Waals surface area contributed by atoms with Gasteiger partial charge in [0, 0.05) is 23.7 Å². The fraction of sp³-hybridized carbons (Fsp3) is 0.350. The van der Waals surface area contributed by atoms with Gasteiger partial charge in [-0.05, 0) is 37.4 Å². The van der Waals surface area contributed by atoms with Crippen LogP contribution >= 0.6 is 0 Å². The van der Waals surface area contributed by atoms with Gasteiger partial charge < -0.3 is 25.4 Å². The lowest BCUT2D eigenvalue weighted by Crippen LogP contribution is -2.33. The zero-order chi connectivity index (χ0) is 19.6. The van der Waals surface area contributed by atoms with E-state index in [0.717, 1.165) is 22.2 Å². The van der Waals surface area contributed by atoms with E-state index in [1.54, 1.807) is 12.3 Å². The van der Waals surface area contributed by atoms with Gasteiger partial charge in [0.25, 0.3) is 5.91 Å². The highest BCUT2D eigenvalue weighted by Gasteiger charge is 2.43. The molecule has 2 amide bonds. The van der Waals surface area contributed by atoms with E-state index in [4.69, 9.17) is 15.2 Å². The molecule has 3 aliphatic heterocycles. The molecule has 0 saturated carbocycles. The van der Waals surface area contributed by atoms with Gasteiger partial charge in [0.15, 0.2) is 0 Å². The number of carbonyl (C=O) groups excluding carboxylic acids is 2. The number of nitrogens with zero attached hydrogens (tertiary/aromatic N) is 2. The van der Waals surface area contributed by atoms with Gasteiger partial charge in [0.05, 0.1) is 18.2 Å². The maximum Gasteiger partial charge on any atom is 0.407 e. The van der Waals surface area contributed by atoms with Crippen LogP contribution in [0, 0.1) is 0 Å². The first-order chi connectivity index (χ1) is 13.3. The monoisotopic (exact) mass is 380 g/mol. The highest BCUT2D eigenvalue weighted by atomic mass is 16.6. The summed E-state index contributed by atoms with van der Waals surface area (Å²) in [4.78, 5) is 30.2. The van der Waals surface area contributed by atoms with Crippen molar-refractivity contribution < 1.29 is 19.1 Å². The minimum Gasteiger partial charge on any atom is -0.482 e. The third-order valence-corrected chi connectivity index (χ3v) is 5.43. The van der Waals surface area contributed by atoms with Crippen LogP contribution in [0.1, 0.15) is 29.8 Å². The first-order valence-electron chi connectivity index (χ1n) is 9.18.